The lowest BCUT2D eigenvalue weighted by atomic mass is 9.94. The fourth-order valence-corrected chi connectivity index (χ4v) is 3.34. The maximum absolute atomic E-state index is 12.0. The van der Waals surface area contributed by atoms with Gasteiger partial charge in [0.05, 0.1) is 5.75 Å². The van der Waals surface area contributed by atoms with Crippen molar-refractivity contribution in [2.45, 2.75) is 40.0 Å². The van der Waals surface area contributed by atoms with Crippen LogP contribution in [0.25, 0.3) is 0 Å². The van der Waals surface area contributed by atoms with E-state index >= 15 is 0 Å². The third kappa shape index (κ3) is 7.15. The summed E-state index contributed by atoms with van der Waals surface area (Å²) in [5, 5.41) is 0. The van der Waals surface area contributed by atoms with E-state index in [1.165, 1.54) is 0 Å². The summed E-state index contributed by atoms with van der Waals surface area (Å²) in [6, 6.07) is 7.50. The Bertz CT molecular complexity index is 521. The second kappa shape index (κ2) is 7.32. The highest BCUT2D eigenvalue weighted by Crippen LogP contribution is 2.20. The van der Waals surface area contributed by atoms with Crippen molar-refractivity contribution in [2.75, 3.05) is 16.4 Å². The molecule has 0 bridgehead atoms. The molecule has 0 atom stereocenters. The molecule has 0 amide bonds. The molecule has 5 heteroatoms. The number of rotatable bonds is 7. The number of hydrogen-bond acceptors (Lipinski definition) is 2. The van der Waals surface area contributed by atoms with E-state index in [1.807, 2.05) is 39.0 Å². The van der Waals surface area contributed by atoms with E-state index in [-0.39, 0.29) is 11.2 Å². The largest absolute Gasteiger partial charge is 0.284 e. The molecule has 0 unspecified atom stereocenters. The van der Waals surface area contributed by atoms with E-state index in [0.717, 1.165) is 18.4 Å². The highest BCUT2D eigenvalue weighted by molar-refractivity contribution is 7.92. The lowest BCUT2D eigenvalue weighted by Crippen LogP contribution is -2.20. The van der Waals surface area contributed by atoms with Crippen LogP contribution in [0.3, 0.4) is 0 Å². The molecule has 1 aromatic carbocycles. The molecule has 3 nitrogen and oxygen atoms in total. The van der Waals surface area contributed by atoms with Crippen molar-refractivity contribution in [3.63, 3.8) is 0 Å². The van der Waals surface area contributed by atoms with Crippen LogP contribution in [0.2, 0.25) is 0 Å². The second-order valence-electron chi connectivity index (χ2n) is 6.22. The third-order valence-corrected chi connectivity index (χ3v) is 4.48. The van der Waals surface area contributed by atoms with E-state index in [9.17, 15) is 8.42 Å². The van der Waals surface area contributed by atoms with Crippen LogP contribution in [0.5, 0.6) is 0 Å². The van der Waals surface area contributed by atoms with Crippen molar-refractivity contribution in [3.05, 3.63) is 29.8 Å². The molecule has 0 aliphatic rings. The average Bonchev–Trinajstić information content (AvgIpc) is 2.33. The Balaban J connectivity index is 2.67. The van der Waals surface area contributed by atoms with Gasteiger partial charge < -0.3 is 0 Å². The Kier molecular flexibility index (Phi) is 6.34. The van der Waals surface area contributed by atoms with Gasteiger partial charge in [0.25, 0.3) is 0 Å². The van der Waals surface area contributed by atoms with Crippen LogP contribution in [0, 0.1) is 5.41 Å². The second-order valence-corrected chi connectivity index (χ2v) is 8.44. The summed E-state index contributed by atoms with van der Waals surface area (Å²) >= 11 is 5.67. The van der Waals surface area contributed by atoms with Crippen molar-refractivity contribution in [1.82, 2.24) is 0 Å². The summed E-state index contributed by atoms with van der Waals surface area (Å²) in [6.45, 7) is 6.11. The van der Waals surface area contributed by atoms with Crippen LogP contribution in [-0.2, 0) is 16.4 Å². The molecule has 0 saturated heterocycles. The Hall–Kier alpha value is -0.740. The molecule has 0 spiro atoms. The number of benzene rings is 1. The molecule has 1 N–H and O–H groups in total. The van der Waals surface area contributed by atoms with E-state index in [0.29, 0.717) is 18.0 Å². The van der Waals surface area contributed by atoms with E-state index < -0.39 is 10.0 Å². The Labute approximate surface area is 127 Å². The van der Waals surface area contributed by atoms with Crippen LogP contribution in [0.4, 0.5) is 5.69 Å². The minimum atomic E-state index is -3.28. The fraction of sp³-hybridized carbons (Fsp3) is 0.600. The van der Waals surface area contributed by atoms with E-state index in [4.69, 9.17) is 11.6 Å². The smallest absolute Gasteiger partial charge is 0.232 e. The van der Waals surface area contributed by atoms with Crippen LogP contribution in [-0.4, -0.2) is 20.1 Å². The molecular formula is C15H24ClNO2S. The van der Waals surface area contributed by atoms with Gasteiger partial charge in [0, 0.05) is 11.6 Å². The first-order chi connectivity index (χ1) is 9.22. The number of sulfonamides is 1. The predicted octanol–water partition coefficient (Wildman–Crippen LogP) is 4.04. The predicted molar refractivity (Wildman–Crippen MR) is 87.0 cm³/mol. The van der Waals surface area contributed by atoms with Crippen molar-refractivity contribution in [2.24, 2.45) is 5.41 Å². The summed E-state index contributed by atoms with van der Waals surface area (Å²) in [5.74, 6) is 0.754. The van der Waals surface area contributed by atoms with Gasteiger partial charge in [0.15, 0.2) is 0 Å². The molecular weight excluding hydrogens is 294 g/mol. The minimum absolute atomic E-state index is 0.0109. The summed E-state index contributed by atoms with van der Waals surface area (Å²) in [4.78, 5) is 0. The third-order valence-electron chi connectivity index (χ3n) is 2.92. The van der Waals surface area contributed by atoms with Crippen LogP contribution >= 0.6 is 11.6 Å². The first kappa shape index (κ1) is 17.3. The molecule has 0 saturated carbocycles. The van der Waals surface area contributed by atoms with Crippen molar-refractivity contribution in [1.29, 1.82) is 0 Å². The molecule has 0 aliphatic carbocycles. The minimum Gasteiger partial charge on any atom is -0.284 e. The van der Waals surface area contributed by atoms with Gasteiger partial charge in [-0.1, -0.05) is 32.9 Å². The summed E-state index contributed by atoms with van der Waals surface area (Å²) in [5.41, 5.74) is 1.74. The number of halogens is 1. The number of alkyl halides is 1. The van der Waals surface area contributed by atoms with Gasteiger partial charge in [-0.05, 0) is 42.4 Å². The molecule has 114 valence electrons. The zero-order valence-corrected chi connectivity index (χ0v) is 14.0. The highest BCUT2D eigenvalue weighted by atomic mass is 35.5. The monoisotopic (exact) mass is 317 g/mol. The normalized spacial score (nSPS) is 12.4. The Morgan fingerprint density at radius 3 is 2.55 bits per heavy atom. The number of anilines is 1. The number of hydrogen-bond donors (Lipinski definition) is 1. The zero-order chi connectivity index (χ0) is 15.2. The van der Waals surface area contributed by atoms with Crippen LogP contribution in [0.1, 0.15) is 39.2 Å². The quantitative estimate of drug-likeness (QED) is 0.772. The number of aryl methyl sites for hydroxylation is 1. The van der Waals surface area contributed by atoms with Crippen molar-refractivity contribution in [3.8, 4) is 0 Å². The Morgan fingerprint density at radius 2 is 1.95 bits per heavy atom. The summed E-state index contributed by atoms with van der Waals surface area (Å²) in [6.07, 6.45) is 2.39. The van der Waals surface area contributed by atoms with Crippen LogP contribution < -0.4 is 4.72 Å². The van der Waals surface area contributed by atoms with Crippen LogP contribution in [0.15, 0.2) is 24.3 Å². The SMILES string of the molecule is CC(C)(C)CCS(=O)(=O)Nc1cccc(CCCCl)c1. The molecule has 0 radical (unpaired) electrons. The first-order valence-corrected chi connectivity index (χ1v) is 9.06. The molecule has 0 aromatic heterocycles. The van der Waals surface area contributed by atoms with Gasteiger partial charge in [-0.3, -0.25) is 4.72 Å². The maximum atomic E-state index is 12.0. The summed E-state index contributed by atoms with van der Waals surface area (Å²) < 4.78 is 26.7. The fourth-order valence-electron chi connectivity index (χ4n) is 1.73. The lowest BCUT2D eigenvalue weighted by Gasteiger charge is -2.18. The van der Waals surface area contributed by atoms with E-state index in [1.54, 1.807) is 6.07 Å². The topological polar surface area (TPSA) is 46.2 Å². The molecule has 0 heterocycles. The van der Waals surface area contributed by atoms with Gasteiger partial charge in [-0.15, -0.1) is 11.6 Å². The standard InChI is InChI=1S/C15H24ClNO2S/c1-15(2,3)9-11-20(18,19)17-14-8-4-6-13(12-14)7-5-10-16/h4,6,8,12,17H,5,7,9-11H2,1-3H3. The van der Waals surface area contributed by atoms with Gasteiger partial charge >= 0.3 is 0 Å². The van der Waals surface area contributed by atoms with Gasteiger partial charge in [-0.25, -0.2) is 8.42 Å². The van der Waals surface area contributed by atoms with Gasteiger partial charge in [-0.2, -0.15) is 0 Å². The summed E-state index contributed by atoms with van der Waals surface area (Å²) in [7, 11) is -3.28. The zero-order valence-electron chi connectivity index (χ0n) is 12.4. The maximum Gasteiger partial charge on any atom is 0.232 e. The average molecular weight is 318 g/mol. The number of nitrogens with one attached hydrogen (secondary N) is 1. The first-order valence-electron chi connectivity index (χ1n) is 6.87. The van der Waals surface area contributed by atoms with E-state index in [2.05, 4.69) is 4.72 Å². The van der Waals surface area contributed by atoms with Gasteiger partial charge in [0.1, 0.15) is 0 Å². The highest BCUT2D eigenvalue weighted by Gasteiger charge is 2.17. The Morgan fingerprint density at radius 1 is 1.25 bits per heavy atom. The lowest BCUT2D eigenvalue weighted by molar-refractivity contribution is 0.397. The molecule has 1 aromatic rings. The molecule has 20 heavy (non-hydrogen) atoms. The van der Waals surface area contributed by atoms with Crippen molar-refractivity contribution < 1.29 is 8.42 Å². The molecule has 0 fully saturated rings. The molecule has 1 rings (SSSR count). The van der Waals surface area contributed by atoms with Crippen molar-refractivity contribution >= 4 is 27.3 Å². The molecule has 0 aliphatic heterocycles. The van der Waals surface area contributed by atoms with Gasteiger partial charge in [0.2, 0.25) is 10.0 Å².